The Kier molecular flexibility index (Phi) is 6.40. The zero-order valence-electron chi connectivity index (χ0n) is 25.0. The van der Waals surface area contributed by atoms with Gasteiger partial charge in [0.15, 0.2) is 6.23 Å². The molecule has 0 saturated carbocycles. The quantitative estimate of drug-likeness (QED) is 0.272. The first kappa shape index (κ1) is 26.7. The normalized spacial score (nSPS) is 27.1. The lowest BCUT2D eigenvalue weighted by atomic mass is 9.81. The Morgan fingerprint density at radius 1 is 0.652 bits per heavy atom. The Morgan fingerprint density at radius 2 is 1.37 bits per heavy atom. The van der Waals surface area contributed by atoms with Gasteiger partial charge >= 0.3 is 0 Å². The summed E-state index contributed by atoms with van der Waals surface area (Å²) in [6, 6.07) is 27.4. The summed E-state index contributed by atoms with van der Waals surface area (Å²) < 4.78 is 6.73. The van der Waals surface area contributed by atoms with E-state index in [1.54, 1.807) is 0 Å². The van der Waals surface area contributed by atoms with Gasteiger partial charge in [-0.3, -0.25) is 9.97 Å². The van der Waals surface area contributed by atoms with Gasteiger partial charge in [0.25, 0.3) is 0 Å². The summed E-state index contributed by atoms with van der Waals surface area (Å²) in [7, 11) is 0. The number of fused-ring (bicyclic) bond motifs is 4. The Bertz CT molecular complexity index is 1950. The predicted molar refractivity (Wildman–Crippen MR) is 179 cm³/mol. The monoisotopic (exact) mass is 600 g/mol. The molecule has 5 heterocycles. The average molecular weight is 601 g/mol. The summed E-state index contributed by atoms with van der Waals surface area (Å²) in [6.45, 7) is 0. The Balaban J connectivity index is 1.09. The van der Waals surface area contributed by atoms with Gasteiger partial charge < -0.3 is 20.3 Å². The van der Waals surface area contributed by atoms with Crippen LogP contribution in [0.2, 0.25) is 0 Å². The summed E-state index contributed by atoms with van der Waals surface area (Å²) in [5.74, 6) is 2.39. The van der Waals surface area contributed by atoms with E-state index in [4.69, 9.17) is 9.73 Å². The number of ether oxygens (including phenoxy) is 1. The second-order valence-corrected chi connectivity index (χ2v) is 12.1. The van der Waals surface area contributed by atoms with Gasteiger partial charge in [-0.15, -0.1) is 0 Å². The number of likely N-dealkylation sites (tertiary alicyclic amines) is 1. The van der Waals surface area contributed by atoms with Crippen molar-refractivity contribution in [3.8, 4) is 11.1 Å². The van der Waals surface area contributed by atoms with Crippen LogP contribution in [0, 0.1) is 11.8 Å². The van der Waals surface area contributed by atoms with Gasteiger partial charge in [0, 0.05) is 48.0 Å². The number of hydrogen-bond donors (Lipinski definition) is 2. The lowest BCUT2D eigenvalue weighted by Gasteiger charge is -2.35. The Labute approximate surface area is 268 Å². The number of amidine groups is 1. The minimum absolute atomic E-state index is 0.0824. The fourth-order valence-electron chi connectivity index (χ4n) is 7.38. The molecule has 9 rings (SSSR count). The molecule has 46 heavy (non-hydrogen) atoms. The van der Waals surface area contributed by atoms with Crippen LogP contribution in [0.15, 0.2) is 163 Å². The number of allylic oxidation sites excluding steroid dienone is 3. The van der Waals surface area contributed by atoms with Crippen molar-refractivity contribution < 1.29 is 4.74 Å². The molecule has 7 nitrogen and oxygen atoms in total. The molecule has 0 bridgehead atoms. The highest BCUT2D eigenvalue weighted by Crippen LogP contribution is 2.49. The molecule has 0 amide bonds. The number of hydrogen-bond acceptors (Lipinski definition) is 7. The van der Waals surface area contributed by atoms with Crippen LogP contribution in [-0.4, -0.2) is 32.8 Å². The van der Waals surface area contributed by atoms with Gasteiger partial charge in [0.05, 0.1) is 23.7 Å². The van der Waals surface area contributed by atoms with Crippen LogP contribution in [0.5, 0.6) is 0 Å². The number of pyridine rings is 2. The van der Waals surface area contributed by atoms with Gasteiger partial charge in [0.2, 0.25) is 0 Å². The molecular formula is C39H32N6O. The van der Waals surface area contributed by atoms with E-state index in [2.05, 4.69) is 117 Å². The van der Waals surface area contributed by atoms with E-state index in [0.29, 0.717) is 0 Å². The summed E-state index contributed by atoms with van der Waals surface area (Å²) in [5.41, 5.74) is 7.70. The van der Waals surface area contributed by atoms with Gasteiger partial charge in [-0.25, -0.2) is 4.99 Å². The number of nitrogens with zero attached hydrogens (tertiary/aromatic N) is 4. The molecule has 6 unspecified atom stereocenters. The van der Waals surface area contributed by atoms with E-state index in [-0.39, 0.29) is 36.3 Å². The molecule has 2 aromatic carbocycles. The van der Waals surface area contributed by atoms with Crippen molar-refractivity contribution in [1.29, 1.82) is 0 Å². The summed E-state index contributed by atoms with van der Waals surface area (Å²) in [5, 5.41) is 7.35. The molecule has 224 valence electrons. The molecule has 1 saturated heterocycles. The smallest absolute Gasteiger partial charge is 0.196 e. The van der Waals surface area contributed by atoms with Gasteiger partial charge in [-0.05, 0) is 52.6 Å². The lowest BCUT2D eigenvalue weighted by Crippen LogP contribution is -2.43. The van der Waals surface area contributed by atoms with Crippen LogP contribution in [0.3, 0.4) is 0 Å². The number of rotatable bonds is 4. The summed E-state index contributed by atoms with van der Waals surface area (Å²) in [4.78, 5) is 16.3. The van der Waals surface area contributed by atoms with Crippen molar-refractivity contribution >= 4 is 11.5 Å². The van der Waals surface area contributed by atoms with Crippen LogP contribution in [0.4, 0.5) is 0 Å². The maximum absolute atomic E-state index is 6.73. The van der Waals surface area contributed by atoms with Gasteiger partial charge in [-0.1, -0.05) is 85.0 Å². The molecule has 0 radical (unpaired) electrons. The highest BCUT2D eigenvalue weighted by molar-refractivity contribution is 6.01. The topological polar surface area (TPSA) is 74.7 Å². The van der Waals surface area contributed by atoms with Crippen molar-refractivity contribution in [2.75, 3.05) is 0 Å². The summed E-state index contributed by atoms with van der Waals surface area (Å²) >= 11 is 0. The Hall–Kier alpha value is -5.69. The maximum atomic E-state index is 6.73. The molecule has 3 aliphatic heterocycles. The second kappa shape index (κ2) is 11.0. The molecule has 0 spiro atoms. The minimum atomic E-state index is -0.257. The highest BCUT2D eigenvalue weighted by Gasteiger charge is 2.53. The third-order valence-corrected chi connectivity index (χ3v) is 9.56. The molecule has 2 aromatic heterocycles. The van der Waals surface area contributed by atoms with E-state index >= 15 is 0 Å². The SMILES string of the molecule is C1=CC2C3C4=C(C=CC3N(C3=NC(c5ccncc5)NC(c5ccc(-c6ccncc6)cc5)=C3)C2C=C1)NC(c1ccccc1)O4. The van der Waals surface area contributed by atoms with Gasteiger partial charge in [-0.2, -0.15) is 0 Å². The minimum Gasteiger partial charge on any atom is -0.468 e. The first-order valence-electron chi connectivity index (χ1n) is 15.8. The highest BCUT2D eigenvalue weighted by atomic mass is 16.5. The van der Waals surface area contributed by atoms with Crippen LogP contribution >= 0.6 is 0 Å². The fourth-order valence-corrected chi connectivity index (χ4v) is 7.38. The van der Waals surface area contributed by atoms with Crippen molar-refractivity contribution in [3.63, 3.8) is 0 Å². The van der Waals surface area contributed by atoms with Gasteiger partial charge in [0.1, 0.15) is 17.8 Å². The van der Waals surface area contributed by atoms with Crippen molar-refractivity contribution in [1.82, 2.24) is 25.5 Å². The van der Waals surface area contributed by atoms with Crippen molar-refractivity contribution in [3.05, 3.63) is 174 Å². The summed E-state index contributed by atoms with van der Waals surface area (Å²) in [6.07, 6.45) is 22.6. The Morgan fingerprint density at radius 3 is 2.17 bits per heavy atom. The zero-order chi connectivity index (χ0) is 30.5. The van der Waals surface area contributed by atoms with E-state index in [9.17, 15) is 0 Å². The molecule has 5 aliphatic rings. The molecule has 2 N–H and O–H groups in total. The molecular weight excluding hydrogens is 568 g/mol. The second-order valence-electron chi connectivity index (χ2n) is 12.1. The van der Waals surface area contributed by atoms with Crippen LogP contribution in [0.25, 0.3) is 16.8 Å². The number of aromatic nitrogens is 2. The molecule has 2 aliphatic carbocycles. The van der Waals surface area contributed by atoms with E-state index < -0.39 is 0 Å². The number of aliphatic imine (C=N–C) groups is 1. The molecule has 1 fully saturated rings. The lowest BCUT2D eigenvalue weighted by molar-refractivity contribution is 0.100. The van der Waals surface area contributed by atoms with Crippen LogP contribution in [-0.2, 0) is 4.74 Å². The van der Waals surface area contributed by atoms with Crippen LogP contribution in [0.1, 0.15) is 29.1 Å². The number of benzene rings is 2. The standard InChI is InChI=1S/C39H32N6O/c1-2-6-29(7-3-1)39-43-31-14-15-34-36(37(31)46-39)30-8-4-5-9-33(30)45(34)35-24-32(42-38(44-35)28-18-22-41-23-19-28)27-12-10-25(11-13-27)26-16-20-40-21-17-26/h1-24,30,33-34,36,38-39,42-43H. The molecule has 6 atom stereocenters. The molecule has 7 heteroatoms. The fraction of sp³-hybridized carbons (Fsp3) is 0.154. The van der Waals surface area contributed by atoms with Crippen molar-refractivity contribution in [2.45, 2.75) is 24.5 Å². The predicted octanol–water partition coefficient (Wildman–Crippen LogP) is 6.70. The molecule has 4 aromatic rings. The largest absolute Gasteiger partial charge is 0.468 e. The third kappa shape index (κ3) is 4.55. The number of nitrogens with one attached hydrogen (secondary N) is 2. The average Bonchev–Trinajstić information content (AvgIpc) is 3.72. The van der Waals surface area contributed by atoms with E-state index in [0.717, 1.165) is 50.8 Å². The first-order valence-corrected chi connectivity index (χ1v) is 15.8. The zero-order valence-corrected chi connectivity index (χ0v) is 25.0. The van der Waals surface area contributed by atoms with Crippen LogP contribution < -0.4 is 10.6 Å². The van der Waals surface area contributed by atoms with Crippen molar-refractivity contribution in [2.24, 2.45) is 16.8 Å². The van der Waals surface area contributed by atoms with E-state index in [1.165, 1.54) is 0 Å². The third-order valence-electron chi connectivity index (χ3n) is 9.56. The van der Waals surface area contributed by atoms with E-state index in [1.807, 2.05) is 55.1 Å². The first-order chi connectivity index (χ1) is 22.8. The maximum Gasteiger partial charge on any atom is 0.196 e.